The lowest BCUT2D eigenvalue weighted by Gasteiger charge is -2.35. The summed E-state index contributed by atoms with van der Waals surface area (Å²) in [4.78, 5) is 31.6. The van der Waals surface area contributed by atoms with Gasteiger partial charge in [0, 0.05) is 23.8 Å². The molecule has 3 amide bonds. The summed E-state index contributed by atoms with van der Waals surface area (Å²) >= 11 is 3.43. The molecule has 3 rings (SSSR count). The van der Waals surface area contributed by atoms with Crippen molar-refractivity contribution in [2.75, 3.05) is 18.4 Å². The predicted molar refractivity (Wildman–Crippen MR) is 113 cm³/mol. The number of urea groups is 1. The molecule has 7 heteroatoms. The van der Waals surface area contributed by atoms with Gasteiger partial charge in [0.2, 0.25) is 0 Å². The number of pyridine rings is 1. The fourth-order valence-corrected chi connectivity index (χ4v) is 4.00. The molecular formula is C21H25BrN4O2. The molecule has 1 aliphatic heterocycles. The zero-order valence-electron chi connectivity index (χ0n) is 16.1. The highest BCUT2D eigenvalue weighted by atomic mass is 79.9. The maximum absolute atomic E-state index is 13.1. The third kappa shape index (κ3) is 5.32. The van der Waals surface area contributed by atoms with Crippen molar-refractivity contribution >= 4 is 33.6 Å². The average Bonchev–Trinajstić information content (AvgIpc) is 2.67. The van der Waals surface area contributed by atoms with Gasteiger partial charge in [-0.2, -0.15) is 0 Å². The van der Waals surface area contributed by atoms with E-state index in [9.17, 15) is 9.59 Å². The molecule has 1 fully saturated rings. The maximum Gasteiger partial charge on any atom is 0.319 e. The summed E-state index contributed by atoms with van der Waals surface area (Å²) in [6.07, 6.45) is 2.81. The third-order valence-corrected chi connectivity index (χ3v) is 5.27. The number of rotatable bonds is 4. The number of hydrogen-bond donors (Lipinski definition) is 2. The highest BCUT2D eigenvalue weighted by molar-refractivity contribution is 9.10. The fraction of sp³-hybridized carbons (Fsp3) is 0.381. The number of hydrogen-bond acceptors (Lipinski definition) is 3. The molecule has 1 aliphatic rings. The van der Waals surface area contributed by atoms with Crippen LogP contribution in [-0.4, -0.2) is 34.9 Å². The number of nitrogens with zero attached hydrogens (tertiary/aromatic N) is 2. The van der Waals surface area contributed by atoms with Crippen LogP contribution in [0.5, 0.6) is 0 Å². The highest BCUT2D eigenvalue weighted by Crippen LogP contribution is 2.27. The number of likely N-dealkylation sites (tertiary alicyclic amines) is 1. The molecule has 0 radical (unpaired) electrons. The maximum atomic E-state index is 13.1. The quantitative estimate of drug-likeness (QED) is 0.738. The predicted octanol–water partition coefficient (Wildman–Crippen LogP) is 4.28. The van der Waals surface area contributed by atoms with Gasteiger partial charge in [0.1, 0.15) is 0 Å². The topological polar surface area (TPSA) is 74.3 Å². The molecular weight excluding hydrogens is 420 g/mol. The van der Waals surface area contributed by atoms with Crippen molar-refractivity contribution in [3.63, 3.8) is 0 Å². The molecule has 1 saturated heterocycles. The molecule has 148 valence electrons. The van der Waals surface area contributed by atoms with Crippen LogP contribution in [0.4, 0.5) is 10.5 Å². The van der Waals surface area contributed by atoms with Gasteiger partial charge in [0.05, 0.1) is 23.5 Å². The number of carbonyl (C=O) groups is 2. The second-order valence-electron chi connectivity index (χ2n) is 7.47. The molecule has 2 atom stereocenters. The molecule has 0 aliphatic carbocycles. The molecule has 2 N–H and O–H groups in total. The Bertz CT molecular complexity index is 834. The Hall–Kier alpha value is -2.41. The first kappa shape index (κ1) is 20.3. The SMILES string of the molecule is C[C@@H]1C[C@H](C)CN(C(=O)c2cc(Br)ccc2NC(=O)NCc2ccccn2)C1. The number of piperidine rings is 1. The Morgan fingerprint density at radius 3 is 2.61 bits per heavy atom. The minimum Gasteiger partial charge on any atom is -0.338 e. The number of anilines is 1. The van der Waals surface area contributed by atoms with Crippen molar-refractivity contribution in [2.45, 2.75) is 26.8 Å². The van der Waals surface area contributed by atoms with E-state index in [1.165, 1.54) is 0 Å². The molecule has 0 spiro atoms. The molecule has 0 unspecified atom stereocenters. The molecule has 2 aromatic rings. The van der Waals surface area contributed by atoms with Gasteiger partial charge >= 0.3 is 6.03 Å². The average molecular weight is 445 g/mol. The number of benzene rings is 1. The summed E-state index contributed by atoms with van der Waals surface area (Å²) < 4.78 is 0.799. The Morgan fingerprint density at radius 2 is 1.93 bits per heavy atom. The van der Waals surface area contributed by atoms with Crippen LogP contribution in [0.3, 0.4) is 0 Å². The van der Waals surface area contributed by atoms with E-state index in [1.54, 1.807) is 18.3 Å². The van der Waals surface area contributed by atoms with Crippen LogP contribution in [0.25, 0.3) is 0 Å². The summed E-state index contributed by atoms with van der Waals surface area (Å²) in [7, 11) is 0. The number of halogens is 1. The molecule has 2 heterocycles. The first-order valence-corrected chi connectivity index (χ1v) is 10.2. The Morgan fingerprint density at radius 1 is 1.18 bits per heavy atom. The number of nitrogens with one attached hydrogen (secondary N) is 2. The van der Waals surface area contributed by atoms with Crippen molar-refractivity contribution in [3.05, 3.63) is 58.3 Å². The van der Waals surface area contributed by atoms with Crippen LogP contribution < -0.4 is 10.6 Å². The highest BCUT2D eigenvalue weighted by Gasteiger charge is 2.27. The first-order valence-electron chi connectivity index (χ1n) is 9.46. The Labute approximate surface area is 173 Å². The molecule has 6 nitrogen and oxygen atoms in total. The van der Waals surface area contributed by atoms with Crippen molar-refractivity contribution in [1.82, 2.24) is 15.2 Å². The summed E-state index contributed by atoms with van der Waals surface area (Å²) in [6, 6.07) is 10.5. The number of carbonyl (C=O) groups excluding carboxylic acids is 2. The minimum absolute atomic E-state index is 0.0558. The van der Waals surface area contributed by atoms with Gasteiger partial charge in [-0.3, -0.25) is 9.78 Å². The van der Waals surface area contributed by atoms with Crippen LogP contribution >= 0.6 is 15.9 Å². The fourth-order valence-electron chi connectivity index (χ4n) is 3.64. The smallest absolute Gasteiger partial charge is 0.319 e. The Balaban J connectivity index is 1.71. The van der Waals surface area contributed by atoms with E-state index >= 15 is 0 Å². The largest absolute Gasteiger partial charge is 0.338 e. The van der Waals surface area contributed by atoms with Gasteiger partial charge in [0.25, 0.3) is 5.91 Å². The van der Waals surface area contributed by atoms with Crippen LogP contribution in [-0.2, 0) is 6.54 Å². The minimum atomic E-state index is -0.373. The Kier molecular flexibility index (Phi) is 6.67. The lowest BCUT2D eigenvalue weighted by atomic mass is 9.91. The van der Waals surface area contributed by atoms with Crippen molar-refractivity contribution < 1.29 is 9.59 Å². The monoisotopic (exact) mass is 444 g/mol. The van der Waals surface area contributed by atoms with Crippen LogP contribution in [0.15, 0.2) is 47.1 Å². The third-order valence-electron chi connectivity index (χ3n) is 4.77. The van der Waals surface area contributed by atoms with E-state index in [0.29, 0.717) is 29.6 Å². The van der Waals surface area contributed by atoms with Gasteiger partial charge in [-0.05, 0) is 48.6 Å². The molecule has 28 heavy (non-hydrogen) atoms. The second kappa shape index (κ2) is 9.19. The van der Waals surface area contributed by atoms with Crippen LogP contribution in [0.1, 0.15) is 36.3 Å². The van der Waals surface area contributed by atoms with E-state index in [4.69, 9.17) is 0 Å². The molecule has 0 saturated carbocycles. The standard InChI is InChI=1S/C21H25BrN4O2/c1-14-9-15(2)13-26(12-14)20(27)18-10-16(22)6-7-19(18)25-21(28)24-11-17-5-3-4-8-23-17/h3-8,10,14-15H,9,11-13H2,1-2H3,(H2,24,25,28)/t14-,15+. The number of amides is 3. The first-order chi connectivity index (χ1) is 13.4. The van der Waals surface area contributed by atoms with Crippen LogP contribution in [0.2, 0.25) is 0 Å². The summed E-state index contributed by atoms with van der Waals surface area (Å²) in [6.45, 7) is 6.12. The molecule has 1 aromatic heterocycles. The van der Waals surface area contributed by atoms with Crippen molar-refractivity contribution in [2.24, 2.45) is 11.8 Å². The summed E-state index contributed by atoms with van der Waals surface area (Å²) in [5, 5.41) is 5.58. The van der Waals surface area contributed by atoms with Gasteiger partial charge in [-0.25, -0.2) is 4.79 Å². The van der Waals surface area contributed by atoms with E-state index in [2.05, 4.69) is 45.4 Å². The van der Waals surface area contributed by atoms with E-state index < -0.39 is 0 Å². The zero-order valence-corrected chi connectivity index (χ0v) is 17.7. The van der Waals surface area contributed by atoms with E-state index in [0.717, 1.165) is 29.7 Å². The van der Waals surface area contributed by atoms with Gasteiger partial charge in [-0.1, -0.05) is 35.8 Å². The number of aromatic nitrogens is 1. The normalized spacial score (nSPS) is 19.2. The lowest BCUT2D eigenvalue weighted by Crippen LogP contribution is -2.43. The van der Waals surface area contributed by atoms with Crippen LogP contribution in [0, 0.1) is 11.8 Å². The van der Waals surface area contributed by atoms with Gasteiger partial charge in [0.15, 0.2) is 0 Å². The van der Waals surface area contributed by atoms with Crippen molar-refractivity contribution in [3.8, 4) is 0 Å². The molecule has 0 bridgehead atoms. The lowest BCUT2D eigenvalue weighted by molar-refractivity contribution is 0.0624. The van der Waals surface area contributed by atoms with Gasteiger partial charge < -0.3 is 15.5 Å². The van der Waals surface area contributed by atoms with Crippen molar-refractivity contribution in [1.29, 1.82) is 0 Å². The molecule has 1 aromatic carbocycles. The van der Waals surface area contributed by atoms with E-state index in [1.807, 2.05) is 29.2 Å². The summed E-state index contributed by atoms with van der Waals surface area (Å²) in [5.41, 5.74) is 1.75. The second-order valence-corrected chi connectivity index (χ2v) is 8.39. The van der Waals surface area contributed by atoms with E-state index in [-0.39, 0.29) is 11.9 Å². The zero-order chi connectivity index (χ0) is 20.1. The summed E-state index contributed by atoms with van der Waals surface area (Å²) in [5.74, 6) is 0.885. The van der Waals surface area contributed by atoms with Gasteiger partial charge in [-0.15, -0.1) is 0 Å².